The number of esters is 1. The zero-order chi connectivity index (χ0) is 15.6. The topological polar surface area (TPSA) is 69.4 Å². The molecule has 0 amide bonds. The highest BCUT2D eigenvalue weighted by molar-refractivity contribution is 6.32. The summed E-state index contributed by atoms with van der Waals surface area (Å²) in [5, 5.41) is 10.5. The van der Waals surface area contributed by atoms with E-state index in [1.807, 2.05) is 0 Å². The molecular formula is C14H9ClFNO4. The van der Waals surface area contributed by atoms with Crippen molar-refractivity contribution in [3.05, 3.63) is 68.5 Å². The van der Waals surface area contributed by atoms with Crippen LogP contribution in [0.15, 0.2) is 36.4 Å². The third-order valence-electron chi connectivity index (χ3n) is 2.74. The summed E-state index contributed by atoms with van der Waals surface area (Å²) in [5.41, 5.74) is 0.202. The molecule has 2 aromatic carbocycles. The Morgan fingerprint density at radius 2 is 2.00 bits per heavy atom. The number of nitro benzene ring substituents is 1. The molecule has 0 saturated carbocycles. The minimum Gasteiger partial charge on any atom is -0.421 e. The van der Waals surface area contributed by atoms with E-state index in [1.165, 1.54) is 18.2 Å². The maximum atomic E-state index is 13.4. The molecule has 0 atom stereocenters. The predicted octanol–water partition coefficient (Wildman–Crippen LogP) is 3.91. The molecule has 0 bridgehead atoms. The van der Waals surface area contributed by atoms with Gasteiger partial charge in [-0.3, -0.25) is 10.1 Å². The van der Waals surface area contributed by atoms with Gasteiger partial charge in [0.15, 0.2) is 0 Å². The van der Waals surface area contributed by atoms with Crippen molar-refractivity contribution >= 4 is 23.3 Å². The molecule has 0 N–H and O–H groups in total. The lowest BCUT2D eigenvalue weighted by atomic mass is 10.1. The third kappa shape index (κ3) is 3.35. The van der Waals surface area contributed by atoms with Gasteiger partial charge in [0.25, 0.3) is 5.69 Å². The van der Waals surface area contributed by atoms with Crippen LogP contribution in [-0.2, 0) is 0 Å². The van der Waals surface area contributed by atoms with Crippen LogP contribution in [0.1, 0.15) is 15.9 Å². The van der Waals surface area contributed by atoms with Gasteiger partial charge >= 0.3 is 5.97 Å². The van der Waals surface area contributed by atoms with E-state index in [0.717, 1.165) is 18.2 Å². The molecule has 2 aromatic rings. The lowest BCUT2D eigenvalue weighted by Crippen LogP contribution is -2.09. The van der Waals surface area contributed by atoms with Crippen LogP contribution in [-0.4, -0.2) is 10.9 Å². The molecule has 0 aromatic heterocycles. The molecule has 0 spiro atoms. The molecule has 7 heteroatoms. The number of carbonyl (C=O) groups is 1. The number of benzene rings is 2. The fourth-order valence-electron chi connectivity index (χ4n) is 1.56. The molecule has 2 rings (SSSR count). The molecular weight excluding hydrogens is 301 g/mol. The molecule has 0 heterocycles. The van der Waals surface area contributed by atoms with Crippen LogP contribution in [0.2, 0.25) is 5.02 Å². The van der Waals surface area contributed by atoms with Crippen LogP contribution in [0.25, 0.3) is 0 Å². The fourth-order valence-corrected chi connectivity index (χ4v) is 1.78. The van der Waals surface area contributed by atoms with Crippen molar-refractivity contribution in [2.24, 2.45) is 0 Å². The standard InChI is InChI=1S/C14H9ClFNO4/c1-8-2-3-9(6-12(8)16)14(18)21-13-5-4-10(17(19)20)7-11(13)15/h2-7H,1H3. The first-order valence-corrected chi connectivity index (χ1v) is 6.18. The SMILES string of the molecule is Cc1ccc(C(=O)Oc2ccc([N+](=O)[O-])cc2Cl)cc1F. The van der Waals surface area contributed by atoms with Crippen molar-refractivity contribution in [2.45, 2.75) is 6.92 Å². The summed E-state index contributed by atoms with van der Waals surface area (Å²) in [6.45, 7) is 1.57. The van der Waals surface area contributed by atoms with Crippen LogP contribution in [0.5, 0.6) is 5.75 Å². The Morgan fingerprint density at radius 1 is 1.29 bits per heavy atom. The molecule has 0 fully saturated rings. The van der Waals surface area contributed by atoms with Crippen molar-refractivity contribution in [3.8, 4) is 5.75 Å². The van der Waals surface area contributed by atoms with E-state index in [9.17, 15) is 19.3 Å². The van der Waals surface area contributed by atoms with E-state index in [0.29, 0.717) is 5.56 Å². The Hall–Kier alpha value is -2.47. The maximum absolute atomic E-state index is 13.4. The molecule has 0 aliphatic heterocycles. The zero-order valence-electron chi connectivity index (χ0n) is 10.8. The van der Waals surface area contributed by atoms with Gasteiger partial charge in [-0.1, -0.05) is 17.7 Å². The second-order valence-electron chi connectivity index (χ2n) is 4.23. The van der Waals surface area contributed by atoms with Gasteiger partial charge in [0.1, 0.15) is 11.6 Å². The van der Waals surface area contributed by atoms with E-state index in [1.54, 1.807) is 6.92 Å². The van der Waals surface area contributed by atoms with Crippen molar-refractivity contribution in [3.63, 3.8) is 0 Å². The lowest BCUT2D eigenvalue weighted by molar-refractivity contribution is -0.384. The Bertz CT molecular complexity index is 733. The zero-order valence-corrected chi connectivity index (χ0v) is 11.6. The Labute approximate surface area is 124 Å². The summed E-state index contributed by atoms with van der Waals surface area (Å²) in [5.74, 6) is -1.36. The summed E-state index contributed by atoms with van der Waals surface area (Å²) < 4.78 is 18.4. The van der Waals surface area contributed by atoms with Gasteiger partial charge in [0.2, 0.25) is 0 Å². The first kappa shape index (κ1) is 14.9. The van der Waals surface area contributed by atoms with Gasteiger partial charge in [-0.05, 0) is 30.7 Å². The summed E-state index contributed by atoms with van der Waals surface area (Å²) in [4.78, 5) is 21.8. The monoisotopic (exact) mass is 309 g/mol. The van der Waals surface area contributed by atoms with Crippen molar-refractivity contribution < 1.29 is 18.8 Å². The van der Waals surface area contributed by atoms with E-state index in [2.05, 4.69) is 0 Å². The highest BCUT2D eigenvalue weighted by atomic mass is 35.5. The average molecular weight is 310 g/mol. The van der Waals surface area contributed by atoms with E-state index in [-0.39, 0.29) is 22.0 Å². The van der Waals surface area contributed by atoms with Gasteiger partial charge in [-0.2, -0.15) is 0 Å². The number of nitrogens with zero attached hydrogens (tertiary/aromatic N) is 1. The summed E-state index contributed by atoms with van der Waals surface area (Å²) in [7, 11) is 0. The fraction of sp³-hybridized carbons (Fsp3) is 0.0714. The largest absolute Gasteiger partial charge is 0.421 e. The molecule has 0 aliphatic carbocycles. The van der Waals surface area contributed by atoms with Gasteiger partial charge in [0, 0.05) is 12.1 Å². The first-order valence-electron chi connectivity index (χ1n) is 5.81. The number of rotatable bonds is 3. The molecule has 0 aliphatic rings. The summed E-state index contributed by atoms with van der Waals surface area (Å²) in [6.07, 6.45) is 0. The van der Waals surface area contributed by atoms with Crippen LogP contribution in [0.3, 0.4) is 0 Å². The van der Waals surface area contributed by atoms with Gasteiger partial charge < -0.3 is 4.74 Å². The number of nitro groups is 1. The molecule has 0 radical (unpaired) electrons. The Kier molecular flexibility index (Phi) is 4.18. The van der Waals surface area contributed by atoms with Crippen LogP contribution >= 0.6 is 11.6 Å². The molecule has 5 nitrogen and oxygen atoms in total. The Morgan fingerprint density at radius 3 is 2.57 bits per heavy atom. The van der Waals surface area contributed by atoms with Gasteiger partial charge in [-0.25, -0.2) is 9.18 Å². The normalized spacial score (nSPS) is 10.2. The van der Waals surface area contributed by atoms with Crippen molar-refractivity contribution in [2.75, 3.05) is 0 Å². The molecule has 108 valence electrons. The van der Waals surface area contributed by atoms with E-state index < -0.39 is 16.7 Å². The number of hydrogen-bond donors (Lipinski definition) is 0. The number of non-ortho nitro benzene ring substituents is 1. The van der Waals surface area contributed by atoms with Gasteiger partial charge in [0.05, 0.1) is 15.5 Å². The third-order valence-corrected chi connectivity index (χ3v) is 3.03. The highest BCUT2D eigenvalue weighted by Crippen LogP contribution is 2.29. The summed E-state index contributed by atoms with van der Waals surface area (Å²) in [6, 6.07) is 7.35. The lowest BCUT2D eigenvalue weighted by Gasteiger charge is -2.06. The van der Waals surface area contributed by atoms with Crippen LogP contribution in [0.4, 0.5) is 10.1 Å². The first-order chi connectivity index (χ1) is 9.88. The number of halogens is 2. The van der Waals surface area contributed by atoms with Crippen LogP contribution in [0, 0.1) is 22.9 Å². The number of carbonyl (C=O) groups excluding carboxylic acids is 1. The Balaban J connectivity index is 2.23. The maximum Gasteiger partial charge on any atom is 0.343 e. The second-order valence-corrected chi connectivity index (χ2v) is 4.63. The highest BCUT2D eigenvalue weighted by Gasteiger charge is 2.15. The predicted molar refractivity (Wildman–Crippen MR) is 74.2 cm³/mol. The number of aryl methyl sites for hydroxylation is 1. The minimum absolute atomic E-state index is 0.0209. The van der Waals surface area contributed by atoms with E-state index in [4.69, 9.17) is 16.3 Å². The second kappa shape index (κ2) is 5.88. The van der Waals surface area contributed by atoms with Crippen LogP contribution < -0.4 is 4.74 Å². The summed E-state index contributed by atoms with van der Waals surface area (Å²) >= 11 is 5.81. The van der Waals surface area contributed by atoms with Crippen molar-refractivity contribution in [1.29, 1.82) is 0 Å². The van der Waals surface area contributed by atoms with Crippen molar-refractivity contribution in [1.82, 2.24) is 0 Å². The molecule has 21 heavy (non-hydrogen) atoms. The number of hydrogen-bond acceptors (Lipinski definition) is 4. The van der Waals surface area contributed by atoms with Gasteiger partial charge in [-0.15, -0.1) is 0 Å². The molecule has 0 unspecified atom stereocenters. The number of ether oxygens (including phenoxy) is 1. The quantitative estimate of drug-likeness (QED) is 0.373. The molecule has 0 saturated heterocycles. The smallest absolute Gasteiger partial charge is 0.343 e. The minimum atomic E-state index is -0.801. The average Bonchev–Trinajstić information content (AvgIpc) is 2.43. The van der Waals surface area contributed by atoms with E-state index >= 15 is 0 Å².